The van der Waals surface area contributed by atoms with Crippen LogP contribution in [0.4, 0.5) is 0 Å². The minimum atomic E-state index is 0.365. The summed E-state index contributed by atoms with van der Waals surface area (Å²) in [6.07, 6.45) is 22.7. The van der Waals surface area contributed by atoms with Gasteiger partial charge in [0, 0.05) is 19.3 Å². The van der Waals surface area contributed by atoms with Gasteiger partial charge in [0.25, 0.3) is 0 Å². The largest absolute Gasteiger partial charge is 0.370 e. The summed E-state index contributed by atoms with van der Waals surface area (Å²) in [7, 11) is 2.11. The predicted octanol–water partition coefficient (Wildman–Crippen LogP) is 9.59. The molecule has 2 heterocycles. The third-order valence-corrected chi connectivity index (χ3v) is 9.55. The molecule has 4 heteroatoms. The van der Waals surface area contributed by atoms with Crippen molar-refractivity contribution in [2.75, 3.05) is 6.54 Å². The smallest absolute Gasteiger partial charge is 0.128 e. The summed E-state index contributed by atoms with van der Waals surface area (Å²) < 4.78 is 2.11. The molecular formula is C38H56N4. The Morgan fingerprint density at radius 3 is 2.69 bits per heavy atom. The fourth-order valence-electron chi connectivity index (χ4n) is 7.46. The summed E-state index contributed by atoms with van der Waals surface area (Å²) in [5.74, 6) is 1.37. The summed E-state index contributed by atoms with van der Waals surface area (Å²) in [5.41, 5.74) is 9.93. The minimum Gasteiger partial charge on any atom is -0.370 e. The van der Waals surface area contributed by atoms with Crippen LogP contribution in [-0.4, -0.2) is 23.0 Å². The number of unbranched alkanes of at least 4 members (excludes halogenated alkanes) is 2. The SMILES string of the molecule is C=NC1=C(/C=C\CCCCc2cc(CC(CC(=C)C)c3cc(C)cc(C4(CCC)CCCCC4)c3)nn2C)CCCN1. The van der Waals surface area contributed by atoms with E-state index in [2.05, 4.69) is 92.5 Å². The average Bonchev–Trinajstić information content (AvgIpc) is 3.33. The van der Waals surface area contributed by atoms with Gasteiger partial charge in [0.2, 0.25) is 0 Å². The van der Waals surface area contributed by atoms with Crippen molar-refractivity contribution in [2.24, 2.45) is 12.0 Å². The van der Waals surface area contributed by atoms with Gasteiger partial charge in [-0.2, -0.15) is 5.10 Å². The van der Waals surface area contributed by atoms with Gasteiger partial charge in [-0.3, -0.25) is 4.68 Å². The molecule has 1 aromatic heterocycles. The Morgan fingerprint density at radius 1 is 1.14 bits per heavy atom. The second-order valence-electron chi connectivity index (χ2n) is 13.2. The number of hydrogen-bond donors (Lipinski definition) is 1. The highest BCUT2D eigenvalue weighted by molar-refractivity contribution is 5.38. The first-order valence-electron chi connectivity index (χ1n) is 16.7. The summed E-state index contributed by atoms with van der Waals surface area (Å²) in [4.78, 5) is 4.14. The van der Waals surface area contributed by atoms with Crippen LogP contribution < -0.4 is 5.32 Å². The molecule has 1 fully saturated rings. The van der Waals surface area contributed by atoms with Crippen molar-refractivity contribution in [3.63, 3.8) is 0 Å². The summed E-state index contributed by atoms with van der Waals surface area (Å²) in [5, 5.41) is 8.35. The van der Waals surface area contributed by atoms with Crippen LogP contribution in [0.1, 0.15) is 131 Å². The molecule has 0 amide bonds. The van der Waals surface area contributed by atoms with Crippen LogP contribution in [0.2, 0.25) is 0 Å². The number of rotatable bonds is 15. The van der Waals surface area contributed by atoms with Crippen molar-refractivity contribution in [3.05, 3.63) is 88.0 Å². The van der Waals surface area contributed by atoms with Gasteiger partial charge in [0.15, 0.2) is 0 Å². The van der Waals surface area contributed by atoms with Gasteiger partial charge in [-0.1, -0.05) is 74.1 Å². The molecule has 42 heavy (non-hydrogen) atoms. The molecule has 4 rings (SSSR count). The van der Waals surface area contributed by atoms with E-state index in [1.807, 2.05) is 0 Å². The monoisotopic (exact) mass is 568 g/mol. The second kappa shape index (κ2) is 15.5. The standard InChI is InChI=1S/C38H56N4/c1-7-19-38(20-13-10-14-21-38)34-25-30(4)24-33(26-34)32(23-29(2)3)27-35-28-36(42(6)41-35)18-12-9-8-11-16-31-17-15-22-40-37(31)39-5/h11,16,24-26,28,32,40H,2,5,7-10,12-15,17-23,27H2,1,3-4,6H3/b16-11-. The van der Waals surface area contributed by atoms with E-state index in [9.17, 15) is 0 Å². The van der Waals surface area contributed by atoms with E-state index in [0.717, 1.165) is 44.5 Å². The average molecular weight is 569 g/mol. The first-order chi connectivity index (χ1) is 20.3. The zero-order chi connectivity index (χ0) is 30.0. The van der Waals surface area contributed by atoms with E-state index in [1.54, 1.807) is 5.56 Å². The zero-order valence-corrected chi connectivity index (χ0v) is 27.1. The van der Waals surface area contributed by atoms with Crippen molar-refractivity contribution >= 4 is 6.72 Å². The van der Waals surface area contributed by atoms with Crippen LogP contribution in [0.5, 0.6) is 0 Å². The Balaban J connectivity index is 1.41. The van der Waals surface area contributed by atoms with Gasteiger partial charge >= 0.3 is 0 Å². The highest BCUT2D eigenvalue weighted by Crippen LogP contribution is 2.44. The Bertz CT molecular complexity index is 1250. The molecule has 2 aliphatic rings. The number of aryl methyl sites for hydroxylation is 3. The normalized spacial score (nSPS) is 17.8. The van der Waals surface area contributed by atoms with Crippen LogP contribution >= 0.6 is 0 Å². The predicted molar refractivity (Wildman–Crippen MR) is 180 cm³/mol. The fourth-order valence-corrected chi connectivity index (χ4v) is 7.46. The highest BCUT2D eigenvalue weighted by Gasteiger charge is 2.33. The van der Waals surface area contributed by atoms with E-state index in [-0.39, 0.29) is 0 Å². The van der Waals surface area contributed by atoms with Crippen LogP contribution in [0.25, 0.3) is 0 Å². The van der Waals surface area contributed by atoms with Crippen molar-refractivity contribution in [3.8, 4) is 0 Å². The maximum absolute atomic E-state index is 5.00. The molecule has 0 spiro atoms. The van der Waals surface area contributed by atoms with Crippen LogP contribution in [-0.2, 0) is 25.3 Å². The summed E-state index contributed by atoms with van der Waals surface area (Å²) >= 11 is 0. The second-order valence-corrected chi connectivity index (χ2v) is 13.2. The van der Waals surface area contributed by atoms with E-state index in [0.29, 0.717) is 11.3 Å². The molecule has 1 aromatic carbocycles. The van der Waals surface area contributed by atoms with E-state index in [1.165, 1.54) is 97.9 Å². The van der Waals surface area contributed by atoms with Crippen LogP contribution in [0.3, 0.4) is 0 Å². The van der Waals surface area contributed by atoms with Gasteiger partial charge in [0.05, 0.1) is 5.69 Å². The molecule has 228 valence electrons. The molecule has 1 unspecified atom stereocenters. The quantitative estimate of drug-likeness (QED) is 0.132. The molecule has 0 saturated heterocycles. The molecule has 1 atom stereocenters. The Kier molecular flexibility index (Phi) is 11.9. The first kappa shape index (κ1) is 32.0. The number of allylic oxidation sites excluding steroid dienone is 4. The van der Waals surface area contributed by atoms with Crippen LogP contribution in [0, 0.1) is 6.92 Å². The number of nitrogens with one attached hydrogen (secondary N) is 1. The maximum atomic E-state index is 5.00. The van der Waals surface area contributed by atoms with Crippen molar-refractivity contribution < 1.29 is 0 Å². The Hall–Kier alpha value is -2.88. The van der Waals surface area contributed by atoms with Gasteiger partial charge in [-0.25, -0.2) is 4.99 Å². The lowest BCUT2D eigenvalue weighted by atomic mass is 9.66. The lowest BCUT2D eigenvalue weighted by Crippen LogP contribution is -2.29. The molecule has 1 aliphatic heterocycles. The third-order valence-electron chi connectivity index (χ3n) is 9.55. The minimum absolute atomic E-state index is 0.365. The number of nitrogens with zero attached hydrogens (tertiary/aromatic N) is 3. The molecule has 4 nitrogen and oxygen atoms in total. The number of hydrogen-bond acceptors (Lipinski definition) is 3. The Labute approximate surface area is 256 Å². The molecular weight excluding hydrogens is 512 g/mol. The van der Waals surface area contributed by atoms with Crippen molar-refractivity contribution in [1.82, 2.24) is 15.1 Å². The van der Waals surface area contributed by atoms with E-state index < -0.39 is 0 Å². The van der Waals surface area contributed by atoms with Crippen LogP contribution in [0.15, 0.2) is 65.0 Å². The third kappa shape index (κ3) is 8.58. The molecule has 1 saturated carbocycles. The van der Waals surface area contributed by atoms with Crippen molar-refractivity contribution in [1.29, 1.82) is 0 Å². The van der Waals surface area contributed by atoms with E-state index in [4.69, 9.17) is 5.10 Å². The number of aliphatic imine (C=N–C) groups is 1. The van der Waals surface area contributed by atoms with Gasteiger partial charge in [0.1, 0.15) is 5.82 Å². The topological polar surface area (TPSA) is 42.2 Å². The maximum Gasteiger partial charge on any atom is 0.128 e. The van der Waals surface area contributed by atoms with Crippen molar-refractivity contribution in [2.45, 2.75) is 128 Å². The fraction of sp³-hybridized carbons (Fsp3) is 0.579. The van der Waals surface area contributed by atoms with Gasteiger partial charge in [-0.05, 0) is 125 Å². The lowest BCUT2D eigenvalue weighted by molar-refractivity contribution is 0.271. The molecule has 1 N–H and O–H groups in total. The first-order valence-corrected chi connectivity index (χ1v) is 16.7. The zero-order valence-electron chi connectivity index (χ0n) is 27.1. The Morgan fingerprint density at radius 2 is 1.95 bits per heavy atom. The molecule has 1 aliphatic carbocycles. The molecule has 0 bridgehead atoms. The number of benzene rings is 1. The summed E-state index contributed by atoms with van der Waals surface area (Å²) in [6.45, 7) is 15.8. The van der Waals surface area contributed by atoms with Gasteiger partial charge in [-0.15, -0.1) is 6.58 Å². The number of aromatic nitrogens is 2. The van der Waals surface area contributed by atoms with E-state index >= 15 is 0 Å². The molecule has 0 radical (unpaired) electrons. The molecule has 2 aromatic rings. The van der Waals surface area contributed by atoms with Gasteiger partial charge < -0.3 is 5.32 Å². The summed E-state index contributed by atoms with van der Waals surface area (Å²) in [6, 6.07) is 9.86. The highest BCUT2D eigenvalue weighted by atomic mass is 15.3. The lowest BCUT2D eigenvalue weighted by Gasteiger charge is -2.39.